The van der Waals surface area contributed by atoms with Gasteiger partial charge in [0, 0.05) is 6.21 Å². The number of aliphatic imine (C=N–C) groups is 1. The number of nitrogens with zero attached hydrogens (tertiary/aromatic N) is 1. The summed E-state index contributed by atoms with van der Waals surface area (Å²) in [5.74, 6) is 0. The SMILES string of the molecule is C=CC=NC(C)/C=C(C)\C=C/C/C=C/C=C. The fourth-order valence-corrected chi connectivity index (χ4v) is 1.18. The number of hydrogen-bond acceptors (Lipinski definition) is 1. The van der Waals surface area contributed by atoms with Gasteiger partial charge in [-0.2, -0.15) is 0 Å². The van der Waals surface area contributed by atoms with Gasteiger partial charge in [-0.15, -0.1) is 0 Å². The van der Waals surface area contributed by atoms with E-state index in [2.05, 4.69) is 56.3 Å². The highest BCUT2D eigenvalue weighted by Gasteiger charge is 1.90. The average molecular weight is 215 g/mol. The fourth-order valence-electron chi connectivity index (χ4n) is 1.18. The molecular formula is C15H21N. The third-order valence-corrected chi connectivity index (χ3v) is 1.86. The van der Waals surface area contributed by atoms with E-state index in [-0.39, 0.29) is 6.04 Å². The van der Waals surface area contributed by atoms with Crippen molar-refractivity contribution in [3.05, 3.63) is 61.3 Å². The molecule has 0 aromatic rings. The zero-order chi connectivity index (χ0) is 12.2. The maximum atomic E-state index is 4.26. The van der Waals surface area contributed by atoms with E-state index in [4.69, 9.17) is 0 Å². The molecule has 0 aromatic heterocycles. The van der Waals surface area contributed by atoms with Gasteiger partial charge in [0.05, 0.1) is 6.04 Å². The molecule has 1 nitrogen and oxygen atoms in total. The summed E-state index contributed by atoms with van der Waals surface area (Å²) >= 11 is 0. The van der Waals surface area contributed by atoms with Crippen molar-refractivity contribution in [2.45, 2.75) is 26.3 Å². The van der Waals surface area contributed by atoms with Gasteiger partial charge in [-0.05, 0) is 20.3 Å². The van der Waals surface area contributed by atoms with Crippen LogP contribution < -0.4 is 0 Å². The summed E-state index contributed by atoms with van der Waals surface area (Å²) in [5.41, 5.74) is 1.22. The maximum Gasteiger partial charge on any atom is 0.0657 e. The monoisotopic (exact) mass is 215 g/mol. The molecule has 0 aromatic carbocycles. The zero-order valence-electron chi connectivity index (χ0n) is 10.3. The molecule has 86 valence electrons. The molecule has 1 atom stereocenters. The highest BCUT2D eigenvalue weighted by molar-refractivity contribution is 5.70. The van der Waals surface area contributed by atoms with E-state index in [1.807, 2.05) is 6.08 Å². The lowest BCUT2D eigenvalue weighted by Gasteiger charge is -1.98. The van der Waals surface area contributed by atoms with Crippen LogP contribution in [0, 0.1) is 0 Å². The summed E-state index contributed by atoms with van der Waals surface area (Å²) in [6.45, 7) is 11.3. The molecule has 1 unspecified atom stereocenters. The maximum absolute atomic E-state index is 4.26. The van der Waals surface area contributed by atoms with Crippen LogP contribution in [0.4, 0.5) is 0 Å². The first kappa shape index (κ1) is 14.4. The minimum atomic E-state index is 0.200. The lowest BCUT2D eigenvalue weighted by molar-refractivity contribution is 0.925. The second-order valence-corrected chi connectivity index (χ2v) is 3.49. The number of rotatable bonds is 7. The van der Waals surface area contributed by atoms with Crippen molar-refractivity contribution < 1.29 is 0 Å². The average Bonchev–Trinajstić information content (AvgIpc) is 2.26. The van der Waals surface area contributed by atoms with Gasteiger partial charge in [-0.1, -0.05) is 61.3 Å². The van der Waals surface area contributed by atoms with Crippen LogP contribution >= 0.6 is 0 Å². The molecule has 0 heterocycles. The molecule has 0 aliphatic rings. The zero-order valence-corrected chi connectivity index (χ0v) is 10.3. The van der Waals surface area contributed by atoms with Crippen molar-refractivity contribution in [1.29, 1.82) is 0 Å². The van der Waals surface area contributed by atoms with Gasteiger partial charge in [-0.25, -0.2) is 0 Å². The van der Waals surface area contributed by atoms with E-state index in [0.29, 0.717) is 0 Å². The van der Waals surface area contributed by atoms with Crippen molar-refractivity contribution in [3.8, 4) is 0 Å². The third-order valence-electron chi connectivity index (χ3n) is 1.86. The molecule has 1 heteroatoms. The van der Waals surface area contributed by atoms with Crippen molar-refractivity contribution in [2.24, 2.45) is 4.99 Å². The lowest BCUT2D eigenvalue weighted by atomic mass is 10.2. The number of hydrogen-bond donors (Lipinski definition) is 0. The van der Waals surface area contributed by atoms with E-state index >= 15 is 0 Å². The first-order valence-electron chi connectivity index (χ1n) is 5.47. The second-order valence-electron chi connectivity index (χ2n) is 3.49. The molecule has 0 aliphatic heterocycles. The minimum absolute atomic E-state index is 0.200. The lowest BCUT2D eigenvalue weighted by Crippen LogP contribution is -1.92. The highest BCUT2D eigenvalue weighted by Crippen LogP contribution is 2.02. The Morgan fingerprint density at radius 3 is 2.62 bits per heavy atom. The molecule has 0 radical (unpaired) electrons. The fraction of sp³-hybridized carbons (Fsp3) is 0.267. The van der Waals surface area contributed by atoms with Gasteiger partial charge >= 0.3 is 0 Å². The van der Waals surface area contributed by atoms with Crippen LogP contribution in [-0.4, -0.2) is 12.3 Å². The van der Waals surface area contributed by atoms with Crippen LogP contribution in [0.3, 0.4) is 0 Å². The molecule has 0 N–H and O–H groups in total. The van der Waals surface area contributed by atoms with Crippen LogP contribution in [0.15, 0.2) is 66.3 Å². The van der Waals surface area contributed by atoms with E-state index in [1.165, 1.54) is 5.57 Å². The molecule has 0 fully saturated rings. The summed E-state index contributed by atoms with van der Waals surface area (Å²) in [7, 11) is 0. The summed E-state index contributed by atoms with van der Waals surface area (Å²) in [5, 5.41) is 0. The Hall–Kier alpha value is -1.63. The summed E-state index contributed by atoms with van der Waals surface area (Å²) in [6.07, 6.45) is 16.5. The molecule has 0 saturated heterocycles. The van der Waals surface area contributed by atoms with Crippen molar-refractivity contribution in [2.75, 3.05) is 0 Å². The van der Waals surface area contributed by atoms with Crippen LogP contribution in [0.1, 0.15) is 20.3 Å². The Balaban J connectivity index is 4.12. The molecule has 0 spiro atoms. The Labute approximate surface area is 99.3 Å². The van der Waals surface area contributed by atoms with Crippen LogP contribution in [0.25, 0.3) is 0 Å². The van der Waals surface area contributed by atoms with Gasteiger partial charge < -0.3 is 0 Å². The van der Waals surface area contributed by atoms with Crippen LogP contribution in [0.2, 0.25) is 0 Å². The Bertz CT molecular complexity index is 316. The van der Waals surface area contributed by atoms with Gasteiger partial charge in [0.2, 0.25) is 0 Å². The molecular weight excluding hydrogens is 194 g/mol. The molecule has 16 heavy (non-hydrogen) atoms. The van der Waals surface area contributed by atoms with Gasteiger partial charge in [0.25, 0.3) is 0 Å². The summed E-state index contributed by atoms with van der Waals surface area (Å²) < 4.78 is 0. The van der Waals surface area contributed by atoms with Crippen LogP contribution in [-0.2, 0) is 0 Å². The molecule has 0 rings (SSSR count). The highest BCUT2D eigenvalue weighted by atomic mass is 14.7. The van der Waals surface area contributed by atoms with Crippen molar-refractivity contribution in [3.63, 3.8) is 0 Å². The van der Waals surface area contributed by atoms with E-state index < -0.39 is 0 Å². The standard InChI is InChI=1S/C15H21N/c1-5-7-8-9-10-11-14(3)13-15(4)16-12-6-2/h5-8,10-13,15H,1-2,9H2,3-4H3/b8-7+,11-10-,14-13-,16-12?. The van der Waals surface area contributed by atoms with Crippen LogP contribution in [0.5, 0.6) is 0 Å². The molecule has 0 saturated carbocycles. The topological polar surface area (TPSA) is 12.4 Å². The normalized spacial score (nSPS) is 15.0. The summed E-state index contributed by atoms with van der Waals surface area (Å²) in [6, 6.07) is 0.200. The second kappa shape index (κ2) is 9.91. The Morgan fingerprint density at radius 1 is 1.25 bits per heavy atom. The van der Waals surface area contributed by atoms with E-state index in [1.54, 1.807) is 18.4 Å². The van der Waals surface area contributed by atoms with E-state index in [0.717, 1.165) is 6.42 Å². The Kier molecular flexibility index (Phi) is 8.90. The molecule has 0 bridgehead atoms. The predicted molar refractivity (Wildman–Crippen MR) is 75.0 cm³/mol. The third kappa shape index (κ3) is 8.95. The largest absolute Gasteiger partial charge is 0.286 e. The van der Waals surface area contributed by atoms with Gasteiger partial charge in [0.15, 0.2) is 0 Å². The summed E-state index contributed by atoms with van der Waals surface area (Å²) in [4.78, 5) is 4.26. The minimum Gasteiger partial charge on any atom is -0.286 e. The number of allylic oxidation sites excluding steroid dienone is 7. The van der Waals surface area contributed by atoms with Gasteiger partial charge in [0.1, 0.15) is 0 Å². The smallest absolute Gasteiger partial charge is 0.0657 e. The molecule has 0 aliphatic carbocycles. The quantitative estimate of drug-likeness (QED) is 0.444. The predicted octanol–water partition coefficient (Wildman–Crippen LogP) is 4.27. The van der Waals surface area contributed by atoms with Gasteiger partial charge in [-0.3, -0.25) is 4.99 Å². The first-order valence-corrected chi connectivity index (χ1v) is 5.47. The van der Waals surface area contributed by atoms with Crippen molar-refractivity contribution >= 4 is 6.21 Å². The van der Waals surface area contributed by atoms with E-state index in [9.17, 15) is 0 Å². The van der Waals surface area contributed by atoms with Crippen molar-refractivity contribution in [1.82, 2.24) is 0 Å². The first-order chi connectivity index (χ1) is 7.70. The Morgan fingerprint density at radius 2 is 2.00 bits per heavy atom. The molecule has 0 amide bonds.